The average molecular weight is 569 g/mol. The summed E-state index contributed by atoms with van der Waals surface area (Å²) < 4.78 is 30.6. The van der Waals surface area contributed by atoms with Gasteiger partial charge in [-0.05, 0) is 102 Å². The van der Waals surface area contributed by atoms with Crippen molar-refractivity contribution in [1.29, 1.82) is 0 Å². The highest BCUT2D eigenvalue weighted by molar-refractivity contribution is 5.88. The van der Waals surface area contributed by atoms with Crippen LogP contribution in [-0.2, 0) is 30.2 Å². The highest BCUT2D eigenvalue weighted by atomic mass is 16.7. The van der Waals surface area contributed by atoms with Gasteiger partial charge in [0.15, 0.2) is 23.2 Å². The molecule has 0 radical (unpaired) electrons. The van der Waals surface area contributed by atoms with Gasteiger partial charge in [0, 0.05) is 19.6 Å². The second-order valence-electron chi connectivity index (χ2n) is 12.7. The molecule has 2 saturated heterocycles. The third kappa shape index (κ3) is 4.69. The van der Waals surface area contributed by atoms with Gasteiger partial charge in [-0.25, -0.2) is 4.79 Å². The van der Waals surface area contributed by atoms with Gasteiger partial charge in [-0.15, -0.1) is 0 Å². The number of methoxy groups -OCH3 is 1. The van der Waals surface area contributed by atoms with E-state index in [2.05, 4.69) is 23.1 Å². The second kappa shape index (κ2) is 10.5. The number of fused-ring (bicyclic) bond motifs is 3. The first-order chi connectivity index (χ1) is 19.6. The highest BCUT2D eigenvalue weighted by Gasteiger charge is 2.60. The maximum Gasteiger partial charge on any atom is 0.339 e. The van der Waals surface area contributed by atoms with E-state index in [9.17, 15) is 9.59 Å². The molecule has 9 heteroatoms. The summed E-state index contributed by atoms with van der Waals surface area (Å²) in [5.41, 5.74) is 0.0614. The normalized spacial score (nSPS) is 31.4. The number of carbonyl (C=O) groups excluding carboxylic acids is 2. The molecule has 0 N–H and O–H groups in total. The summed E-state index contributed by atoms with van der Waals surface area (Å²) >= 11 is 0. The predicted octanol–water partition coefficient (Wildman–Crippen LogP) is 4.32. The van der Waals surface area contributed by atoms with Gasteiger partial charge in [-0.1, -0.05) is 0 Å². The minimum Gasteiger partial charge on any atom is -0.497 e. The molecule has 0 saturated carbocycles. The zero-order valence-electron chi connectivity index (χ0n) is 25.1. The maximum atomic E-state index is 14.5. The van der Waals surface area contributed by atoms with Crippen LogP contribution in [0.2, 0.25) is 0 Å². The fraction of sp³-hybridized carbons (Fsp3) is 0.688. The number of carbonyl (C=O) groups is 2. The Morgan fingerprint density at radius 2 is 1.80 bits per heavy atom. The number of ether oxygens (including phenoxy) is 5. The molecule has 1 aromatic rings. The molecule has 0 bridgehead atoms. The number of hydrogen-bond acceptors (Lipinski definition) is 8. The molecular formula is C32H44N2O7. The van der Waals surface area contributed by atoms with Crippen molar-refractivity contribution in [2.75, 3.05) is 40.1 Å². The number of hydrogen-bond donors (Lipinski definition) is 0. The van der Waals surface area contributed by atoms with Crippen molar-refractivity contribution in [3.8, 4) is 11.5 Å². The standard InChI is InChI=1S/C32H44N2O7/c1-6-33(7-2)26(35)19-32(13-8-11-30(3,4)41-32)29(36)40-28-25(37-5)18-31-12-9-14-34(31)15-10-21-16-23-24(39-20-38-23)17-22(21)27(28)31/h16-18,27-28H,6-15,19-20H2,1-5H3/t27-,28?,31?,32-/m1/s1. The minimum absolute atomic E-state index is 0.0348. The summed E-state index contributed by atoms with van der Waals surface area (Å²) in [5.74, 6) is 1.39. The third-order valence-electron chi connectivity index (χ3n) is 9.95. The summed E-state index contributed by atoms with van der Waals surface area (Å²) in [6.45, 7) is 11.1. The second-order valence-corrected chi connectivity index (χ2v) is 12.7. The zero-order chi connectivity index (χ0) is 29.0. The van der Waals surface area contributed by atoms with Gasteiger partial charge in [0.25, 0.3) is 0 Å². The van der Waals surface area contributed by atoms with Crippen LogP contribution < -0.4 is 9.47 Å². The Morgan fingerprint density at radius 1 is 1.05 bits per heavy atom. The van der Waals surface area contributed by atoms with Crippen LogP contribution in [0.15, 0.2) is 24.0 Å². The highest BCUT2D eigenvalue weighted by Crippen LogP contribution is 2.56. The van der Waals surface area contributed by atoms with Gasteiger partial charge in [0.2, 0.25) is 12.7 Å². The van der Waals surface area contributed by atoms with Gasteiger partial charge in [-0.3, -0.25) is 9.69 Å². The van der Waals surface area contributed by atoms with E-state index in [0.29, 0.717) is 25.3 Å². The Labute approximate surface area is 243 Å². The molecule has 2 unspecified atom stereocenters. The lowest BCUT2D eigenvalue weighted by Gasteiger charge is -2.45. The first-order valence-corrected chi connectivity index (χ1v) is 15.3. The zero-order valence-corrected chi connectivity index (χ0v) is 25.1. The fourth-order valence-corrected chi connectivity index (χ4v) is 8.02. The van der Waals surface area contributed by atoms with E-state index in [1.165, 1.54) is 5.56 Å². The Morgan fingerprint density at radius 3 is 2.51 bits per heavy atom. The van der Waals surface area contributed by atoms with Gasteiger partial charge < -0.3 is 28.6 Å². The van der Waals surface area contributed by atoms with Gasteiger partial charge in [0.1, 0.15) is 5.76 Å². The van der Waals surface area contributed by atoms with Crippen LogP contribution in [0.1, 0.15) is 83.3 Å². The molecule has 2 fully saturated rings. The van der Waals surface area contributed by atoms with Crippen molar-refractivity contribution in [3.63, 3.8) is 0 Å². The van der Waals surface area contributed by atoms with Crippen molar-refractivity contribution in [1.82, 2.24) is 9.80 Å². The number of amides is 1. The Bertz CT molecular complexity index is 1240. The monoisotopic (exact) mass is 568 g/mol. The van der Waals surface area contributed by atoms with Gasteiger partial charge in [-0.2, -0.15) is 0 Å². The molecule has 5 aliphatic rings. The molecule has 4 heterocycles. The fourth-order valence-electron chi connectivity index (χ4n) is 8.02. The third-order valence-corrected chi connectivity index (χ3v) is 9.95. The molecule has 41 heavy (non-hydrogen) atoms. The van der Waals surface area contributed by atoms with Crippen LogP contribution in [0, 0.1) is 0 Å². The van der Waals surface area contributed by atoms with Crippen molar-refractivity contribution in [3.05, 3.63) is 35.1 Å². The number of esters is 1. The first kappa shape index (κ1) is 28.3. The summed E-state index contributed by atoms with van der Waals surface area (Å²) in [5, 5.41) is 0. The predicted molar refractivity (Wildman–Crippen MR) is 152 cm³/mol. The van der Waals surface area contributed by atoms with Crippen LogP contribution >= 0.6 is 0 Å². The molecule has 1 spiro atoms. The Kier molecular flexibility index (Phi) is 7.25. The van der Waals surface area contributed by atoms with Crippen LogP contribution in [0.4, 0.5) is 0 Å². The smallest absolute Gasteiger partial charge is 0.339 e. The lowest BCUT2D eigenvalue weighted by atomic mass is 9.77. The van der Waals surface area contributed by atoms with Gasteiger partial charge in [0.05, 0.1) is 30.6 Å². The summed E-state index contributed by atoms with van der Waals surface area (Å²) in [7, 11) is 1.65. The van der Waals surface area contributed by atoms with Crippen molar-refractivity contribution < 1.29 is 33.3 Å². The molecular weight excluding hydrogens is 524 g/mol. The summed E-state index contributed by atoms with van der Waals surface area (Å²) in [4.78, 5) is 32.1. The van der Waals surface area contributed by atoms with Crippen molar-refractivity contribution in [2.24, 2.45) is 0 Å². The van der Waals surface area contributed by atoms with Crippen LogP contribution in [0.3, 0.4) is 0 Å². The van der Waals surface area contributed by atoms with Crippen molar-refractivity contribution in [2.45, 2.75) is 101 Å². The van der Waals surface area contributed by atoms with E-state index in [1.807, 2.05) is 27.7 Å². The molecule has 1 amide bonds. The van der Waals surface area contributed by atoms with E-state index in [-0.39, 0.29) is 30.6 Å². The molecule has 1 aromatic carbocycles. The lowest BCUT2D eigenvalue weighted by Crippen LogP contribution is -2.55. The minimum atomic E-state index is -1.35. The van der Waals surface area contributed by atoms with Gasteiger partial charge >= 0.3 is 5.97 Å². The van der Waals surface area contributed by atoms with Crippen LogP contribution in [0.25, 0.3) is 0 Å². The molecule has 4 atom stereocenters. The Hall–Kier alpha value is -2.78. The number of benzene rings is 1. The number of nitrogens with zero attached hydrogens (tertiary/aromatic N) is 2. The molecule has 1 aliphatic carbocycles. The van der Waals surface area contributed by atoms with E-state index in [1.54, 1.807) is 12.0 Å². The summed E-state index contributed by atoms with van der Waals surface area (Å²) in [6.07, 6.45) is 6.42. The summed E-state index contributed by atoms with van der Waals surface area (Å²) in [6, 6.07) is 4.17. The molecule has 0 aromatic heterocycles. The quantitative estimate of drug-likeness (QED) is 0.450. The Balaban J connectivity index is 1.39. The van der Waals surface area contributed by atoms with Crippen molar-refractivity contribution >= 4 is 11.9 Å². The largest absolute Gasteiger partial charge is 0.497 e. The first-order valence-electron chi connectivity index (χ1n) is 15.3. The van der Waals surface area contributed by atoms with E-state index in [0.717, 1.165) is 62.3 Å². The molecule has 6 rings (SSSR count). The molecule has 9 nitrogen and oxygen atoms in total. The molecule has 4 aliphatic heterocycles. The SMILES string of the molecule is CCN(CC)C(=O)C[C@@]1(C(=O)OC2C(OC)=CC34CCCN3CCc3cc5c(cc3[C@H]24)OCO5)CCCC(C)(C)O1. The maximum absolute atomic E-state index is 14.5. The van der Waals surface area contributed by atoms with E-state index >= 15 is 0 Å². The van der Waals surface area contributed by atoms with Crippen LogP contribution in [0.5, 0.6) is 11.5 Å². The lowest BCUT2D eigenvalue weighted by molar-refractivity contribution is -0.215. The molecule has 224 valence electrons. The van der Waals surface area contributed by atoms with Crippen LogP contribution in [-0.4, -0.2) is 84.6 Å². The topological polar surface area (TPSA) is 86.8 Å². The average Bonchev–Trinajstić information content (AvgIpc) is 3.62. The van der Waals surface area contributed by atoms with E-state index in [4.69, 9.17) is 23.7 Å². The van der Waals surface area contributed by atoms with E-state index < -0.39 is 23.3 Å². The number of rotatable bonds is 7.